The largest absolute Gasteiger partial charge is 0.397 e. The Balaban J connectivity index is 1.68. The monoisotopic (exact) mass is 284 g/mol. The standard InChI is InChI=1S/C15H20N6/c1-11-9-15(19-12(2)18-11)21-7-5-20(6-8-21)14-4-3-13(16)10-17-14/h3-4,9-10H,5-8,16H2,1-2H3. The number of nitrogens with zero attached hydrogens (tertiary/aromatic N) is 5. The Bertz CT molecular complexity index is 596. The topological polar surface area (TPSA) is 71.2 Å². The van der Waals surface area contributed by atoms with E-state index in [0.29, 0.717) is 5.69 Å². The first-order valence-corrected chi connectivity index (χ1v) is 7.15. The number of nitrogen functional groups attached to an aromatic ring is 1. The molecule has 0 radical (unpaired) electrons. The molecule has 0 spiro atoms. The maximum atomic E-state index is 5.68. The van der Waals surface area contributed by atoms with Crippen molar-refractivity contribution in [3.05, 3.63) is 35.9 Å². The average Bonchev–Trinajstić information content (AvgIpc) is 2.47. The van der Waals surface area contributed by atoms with Crippen molar-refractivity contribution in [1.29, 1.82) is 0 Å². The Morgan fingerprint density at radius 2 is 1.62 bits per heavy atom. The van der Waals surface area contributed by atoms with Crippen molar-refractivity contribution in [3.63, 3.8) is 0 Å². The summed E-state index contributed by atoms with van der Waals surface area (Å²) in [5.41, 5.74) is 7.39. The number of hydrogen-bond acceptors (Lipinski definition) is 6. The van der Waals surface area contributed by atoms with Crippen LogP contribution in [-0.2, 0) is 0 Å². The van der Waals surface area contributed by atoms with Gasteiger partial charge in [-0.2, -0.15) is 0 Å². The van der Waals surface area contributed by atoms with Crippen LogP contribution in [0, 0.1) is 13.8 Å². The minimum Gasteiger partial charge on any atom is -0.397 e. The molecule has 0 bridgehead atoms. The Morgan fingerprint density at radius 1 is 0.952 bits per heavy atom. The van der Waals surface area contributed by atoms with Crippen molar-refractivity contribution in [1.82, 2.24) is 15.0 Å². The van der Waals surface area contributed by atoms with E-state index in [1.54, 1.807) is 6.20 Å². The SMILES string of the molecule is Cc1cc(N2CCN(c3ccc(N)cn3)CC2)nc(C)n1. The van der Waals surface area contributed by atoms with Crippen LogP contribution >= 0.6 is 0 Å². The quantitative estimate of drug-likeness (QED) is 0.898. The molecular weight excluding hydrogens is 264 g/mol. The highest BCUT2D eigenvalue weighted by molar-refractivity contribution is 5.48. The van der Waals surface area contributed by atoms with Crippen LogP contribution < -0.4 is 15.5 Å². The lowest BCUT2D eigenvalue weighted by Crippen LogP contribution is -2.47. The molecule has 110 valence electrons. The maximum Gasteiger partial charge on any atom is 0.132 e. The Labute approximate surface area is 124 Å². The number of anilines is 3. The number of pyridine rings is 1. The van der Waals surface area contributed by atoms with Crippen LogP contribution in [0.25, 0.3) is 0 Å². The lowest BCUT2D eigenvalue weighted by Gasteiger charge is -2.36. The van der Waals surface area contributed by atoms with E-state index in [9.17, 15) is 0 Å². The lowest BCUT2D eigenvalue weighted by molar-refractivity contribution is 0.639. The van der Waals surface area contributed by atoms with E-state index in [1.165, 1.54) is 0 Å². The molecular formula is C15H20N6. The van der Waals surface area contributed by atoms with Crippen molar-refractivity contribution in [2.24, 2.45) is 0 Å². The van der Waals surface area contributed by atoms with Crippen molar-refractivity contribution < 1.29 is 0 Å². The second-order valence-electron chi connectivity index (χ2n) is 5.34. The molecule has 3 rings (SSSR count). The van der Waals surface area contributed by atoms with Gasteiger partial charge in [0, 0.05) is 37.9 Å². The van der Waals surface area contributed by atoms with E-state index in [-0.39, 0.29) is 0 Å². The zero-order valence-corrected chi connectivity index (χ0v) is 12.5. The number of hydrogen-bond donors (Lipinski definition) is 1. The van der Waals surface area contributed by atoms with Gasteiger partial charge in [-0.15, -0.1) is 0 Å². The molecule has 0 saturated carbocycles. The van der Waals surface area contributed by atoms with Crippen LogP contribution in [0.4, 0.5) is 17.3 Å². The average molecular weight is 284 g/mol. The van der Waals surface area contributed by atoms with E-state index in [4.69, 9.17) is 5.73 Å². The second kappa shape index (κ2) is 5.55. The van der Waals surface area contributed by atoms with E-state index in [2.05, 4.69) is 24.8 Å². The molecule has 0 amide bonds. The zero-order valence-electron chi connectivity index (χ0n) is 12.5. The van der Waals surface area contributed by atoms with Gasteiger partial charge >= 0.3 is 0 Å². The molecule has 6 heteroatoms. The molecule has 3 heterocycles. The summed E-state index contributed by atoms with van der Waals surface area (Å²) >= 11 is 0. The molecule has 0 aliphatic carbocycles. The summed E-state index contributed by atoms with van der Waals surface area (Å²) in [7, 11) is 0. The fraction of sp³-hybridized carbons (Fsp3) is 0.400. The van der Waals surface area contributed by atoms with Crippen LogP contribution in [0.5, 0.6) is 0 Å². The molecule has 1 fully saturated rings. The predicted molar refractivity (Wildman–Crippen MR) is 84.6 cm³/mol. The molecule has 1 aliphatic rings. The summed E-state index contributed by atoms with van der Waals surface area (Å²) in [6, 6.07) is 5.92. The summed E-state index contributed by atoms with van der Waals surface area (Å²) < 4.78 is 0. The van der Waals surface area contributed by atoms with Crippen molar-refractivity contribution in [2.45, 2.75) is 13.8 Å². The van der Waals surface area contributed by atoms with E-state index >= 15 is 0 Å². The molecule has 2 aromatic rings. The Hall–Kier alpha value is -2.37. The molecule has 0 unspecified atom stereocenters. The fourth-order valence-corrected chi connectivity index (χ4v) is 2.61. The minimum absolute atomic E-state index is 0.698. The van der Waals surface area contributed by atoms with Crippen LogP contribution in [0.3, 0.4) is 0 Å². The summed E-state index contributed by atoms with van der Waals surface area (Å²) in [6.07, 6.45) is 1.71. The normalized spacial score (nSPS) is 15.3. The van der Waals surface area contributed by atoms with Crippen molar-refractivity contribution in [2.75, 3.05) is 41.7 Å². The predicted octanol–water partition coefficient (Wildman–Crippen LogP) is 1.40. The zero-order chi connectivity index (χ0) is 14.8. The lowest BCUT2D eigenvalue weighted by atomic mass is 10.3. The summed E-state index contributed by atoms with van der Waals surface area (Å²) in [6.45, 7) is 7.67. The minimum atomic E-state index is 0.698. The number of nitrogens with two attached hydrogens (primary N) is 1. The van der Waals surface area contributed by atoms with Crippen LogP contribution in [0.15, 0.2) is 24.4 Å². The molecule has 21 heavy (non-hydrogen) atoms. The van der Waals surface area contributed by atoms with E-state index in [0.717, 1.165) is 49.3 Å². The van der Waals surface area contributed by atoms with Gasteiger partial charge in [-0.3, -0.25) is 0 Å². The molecule has 6 nitrogen and oxygen atoms in total. The van der Waals surface area contributed by atoms with Gasteiger partial charge in [-0.1, -0.05) is 0 Å². The fourth-order valence-electron chi connectivity index (χ4n) is 2.61. The van der Waals surface area contributed by atoms with Gasteiger partial charge < -0.3 is 15.5 Å². The molecule has 1 saturated heterocycles. The third-order valence-electron chi connectivity index (χ3n) is 3.65. The summed E-state index contributed by atoms with van der Waals surface area (Å²) in [5, 5.41) is 0. The van der Waals surface area contributed by atoms with Gasteiger partial charge in [0.2, 0.25) is 0 Å². The van der Waals surface area contributed by atoms with Gasteiger partial charge in [0.25, 0.3) is 0 Å². The Morgan fingerprint density at radius 3 is 2.19 bits per heavy atom. The highest BCUT2D eigenvalue weighted by atomic mass is 15.3. The first kappa shape index (κ1) is 13.6. The highest BCUT2D eigenvalue weighted by Crippen LogP contribution is 2.18. The van der Waals surface area contributed by atoms with Gasteiger partial charge in [0.05, 0.1) is 11.9 Å². The molecule has 0 aromatic carbocycles. The number of aryl methyl sites for hydroxylation is 2. The molecule has 0 atom stereocenters. The molecule has 2 aromatic heterocycles. The van der Waals surface area contributed by atoms with Gasteiger partial charge in [-0.05, 0) is 26.0 Å². The third kappa shape index (κ3) is 3.04. The molecule has 1 aliphatic heterocycles. The van der Waals surface area contributed by atoms with Crippen LogP contribution in [0.2, 0.25) is 0 Å². The first-order chi connectivity index (χ1) is 10.1. The molecule has 2 N–H and O–H groups in total. The van der Waals surface area contributed by atoms with Crippen LogP contribution in [0.1, 0.15) is 11.5 Å². The number of rotatable bonds is 2. The highest BCUT2D eigenvalue weighted by Gasteiger charge is 2.19. The van der Waals surface area contributed by atoms with Gasteiger partial charge in [0.1, 0.15) is 17.5 Å². The maximum absolute atomic E-state index is 5.68. The number of piperazine rings is 1. The van der Waals surface area contributed by atoms with Crippen molar-refractivity contribution >= 4 is 17.3 Å². The van der Waals surface area contributed by atoms with Crippen molar-refractivity contribution in [3.8, 4) is 0 Å². The summed E-state index contributed by atoms with van der Waals surface area (Å²) in [4.78, 5) is 17.8. The second-order valence-corrected chi connectivity index (χ2v) is 5.34. The first-order valence-electron chi connectivity index (χ1n) is 7.15. The van der Waals surface area contributed by atoms with E-state index < -0.39 is 0 Å². The van der Waals surface area contributed by atoms with E-state index in [1.807, 2.05) is 32.0 Å². The Kier molecular flexibility index (Phi) is 3.60. The van der Waals surface area contributed by atoms with Crippen LogP contribution in [-0.4, -0.2) is 41.1 Å². The van der Waals surface area contributed by atoms with Gasteiger partial charge in [-0.25, -0.2) is 15.0 Å². The summed E-state index contributed by atoms with van der Waals surface area (Å²) in [5.74, 6) is 2.83. The number of aromatic nitrogens is 3. The third-order valence-corrected chi connectivity index (χ3v) is 3.65. The smallest absolute Gasteiger partial charge is 0.132 e. The van der Waals surface area contributed by atoms with Gasteiger partial charge in [0.15, 0.2) is 0 Å².